The van der Waals surface area contributed by atoms with Gasteiger partial charge in [0.25, 0.3) is 0 Å². The number of rotatable bonds is 14. The number of aliphatic hydroxyl groups is 1. The molecule has 0 aliphatic carbocycles. The van der Waals surface area contributed by atoms with E-state index in [0.717, 1.165) is 19.3 Å². The molecule has 22 heavy (non-hydrogen) atoms. The van der Waals surface area contributed by atoms with Crippen molar-refractivity contribution < 1.29 is 14.6 Å². The van der Waals surface area contributed by atoms with E-state index in [1.165, 1.54) is 32.1 Å². The Hall–Kier alpha value is -0.120. The zero-order chi connectivity index (χ0) is 17.0. The predicted molar refractivity (Wildman–Crippen MR) is 94.0 cm³/mol. The molecule has 3 nitrogen and oxygen atoms in total. The first kappa shape index (κ1) is 21.9. The minimum Gasteiger partial charge on any atom is -0.396 e. The number of aliphatic hydroxyl groups excluding tert-OH is 1. The number of hydrogen-bond acceptors (Lipinski definition) is 3. The van der Waals surface area contributed by atoms with E-state index in [-0.39, 0.29) is 24.7 Å². The fourth-order valence-corrected chi connectivity index (χ4v) is 3.09. The first-order chi connectivity index (χ1) is 10.4. The Morgan fingerprint density at radius 3 is 1.73 bits per heavy atom. The Bertz CT molecular complexity index is 241. The normalized spacial score (nSPS) is 14.0. The van der Waals surface area contributed by atoms with Crippen molar-refractivity contribution in [1.82, 2.24) is 0 Å². The second-order valence-electron chi connectivity index (χ2n) is 6.93. The third-order valence-corrected chi connectivity index (χ3v) is 4.11. The van der Waals surface area contributed by atoms with Crippen LogP contribution in [0.3, 0.4) is 0 Å². The summed E-state index contributed by atoms with van der Waals surface area (Å²) in [5.41, 5.74) is 0. The molecule has 0 bridgehead atoms. The van der Waals surface area contributed by atoms with E-state index in [1.807, 2.05) is 27.7 Å². The Morgan fingerprint density at radius 1 is 0.818 bits per heavy atom. The molecule has 0 saturated heterocycles. The van der Waals surface area contributed by atoms with Crippen LogP contribution in [-0.2, 0) is 9.47 Å². The Kier molecular flexibility index (Phi) is 12.3. The molecular formula is C19H40O3. The van der Waals surface area contributed by atoms with Gasteiger partial charge in [-0.2, -0.15) is 0 Å². The van der Waals surface area contributed by atoms with Crippen LogP contribution in [0.5, 0.6) is 0 Å². The van der Waals surface area contributed by atoms with Crippen LogP contribution in [0.4, 0.5) is 0 Å². The largest absolute Gasteiger partial charge is 0.396 e. The molecule has 0 aliphatic rings. The molecule has 0 radical (unpaired) electrons. The fraction of sp³-hybridized carbons (Fsp3) is 1.00. The van der Waals surface area contributed by atoms with E-state index in [2.05, 4.69) is 13.8 Å². The Labute approximate surface area is 138 Å². The fourth-order valence-electron chi connectivity index (χ4n) is 3.09. The molecule has 3 heteroatoms. The van der Waals surface area contributed by atoms with Gasteiger partial charge < -0.3 is 14.6 Å². The average Bonchev–Trinajstić information content (AvgIpc) is 2.44. The van der Waals surface area contributed by atoms with Gasteiger partial charge in [-0.1, -0.05) is 52.4 Å². The zero-order valence-corrected chi connectivity index (χ0v) is 15.9. The molecule has 0 amide bonds. The second-order valence-corrected chi connectivity index (χ2v) is 6.93. The lowest BCUT2D eigenvalue weighted by molar-refractivity contribution is -0.302. The van der Waals surface area contributed by atoms with E-state index >= 15 is 0 Å². The van der Waals surface area contributed by atoms with Crippen LogP contribution in [0.25, 0.3) is 0 Å². The van der Waals surface area contributed by atoms with Crippen molar-refractivity contribution in [3.63, 3.8) is 0 Å². The van der Waals surface area contributed by atoms with Crippen molar-refractivity contribution in [3.05, 3.63) is 0 Å². The van der Waals surface area contributed by atoms with Crippen LogP contribution >= 0.6 is 0 Å². The molecule has 0 aromatic carbocycles. The van der Waals surface area contributed by atoms with Gasteiger partial charge in [0.1, 0.15) is 0 Å². The van der Waals surface area contributed by atoms with Crippen molar-refractivity contribution >= 4 is 0 Å². The van der Waals surface area contributed by atoms with Gasteiger partial charge in [-0.15, -0.1) is 0 Å². The summed E-state index contributed by atoms with van der Waals surface area (Å²) in [5, 5.41) is 9.90. The molecule has 1 atom stereocenters. The second kappa shape index (κ2) is 12.3. The van der Waals surface area contributed by atoms with Crippen molar-refractivity contribution in [2.24, 2.45) is 5.92 Å². The summed E-state index contributed by atoms with van der Waals surface area (Å²) in [7, 11) is 0. The molecule has 0 heterocycles. The maximum atomic E-state index is 9.90. The molecule has 134 valence electrons. The van der Waals surface area contributed by atoms with Crippen LogP contribution in [0.15, 0.2) is 0 Å². The maximum Gasteiger partial charge on any atom is 0.173 e. The molecule has 1 N–H and O–H groups in total. The van der Waals surface area contributed by atoms with Crippen LogP contribution in [0.2, 0.25) is 0 Å². The molecule has 0 rings (SSSR count). The average molecular weight is 317 g/mol. The minimum atomic E-state index is -0.652. The van der Waals surface area contributed by atoms with E-state index in [1.54, 1.807) is 0 Å². The van der Waals surface area contributed by atoms with Gasteiger partial charge in [0.2, 0.25) is 0 Å². The number of ether oxygens (including phenoxy) is 2. The topological polar surface area (TPSA) is 38.7 Å². The van der Waals surface area contributed by atoms with Crippen LogP contribution in [0.1, 0.15) is 92.9 Å². The Balaban J connectivity index is 4.61. The van der Waals surface area contributed by atoms with Crippen molar-refractivity contribution in [3.8, 4) is 0 Å². The summed E-state index contributed by atoms with van der Waals surface area (Å²) >= 11 is 0. The van der Waals surface area contributed by atoms with Crippen molar-refractivity contribution in [2.45, 2.75) is 111 Å². The third-order valence-electron chi connectivity index (χ3n) is 4.11. The van der Waals surface area contributed by atoms with Gasteiger partial charge in [0.05, 0.1) is 18.8 Å². The first-order valence-corrected chi connectivity index (χ1v) is 9.38. The summed E-state index contributed by atoms with van der Waals surface area (Å²) in [5.74, 6) is -0.603. The molecule has 0 spiro atoms. The molecular weight excluding hydrogens is 276 g/mol. The highest BCUT2D eigenvalue weighted by molar-refractivity contribution is 4.80. The van der Waals surface area contributed by atoms with E-state index in [0.29, 0.717) is 0 Å². The first-order valence-electron chi connectivity index (χ1n) is 9.38. The third kappa shape index (κ3) is 8.50. The molecule has 0 aromatic rings. The lowest BCUT2D eigenvalue weighted by Crippen LogP contribution is -2.48. The monoisotopic (exact) mass is 316 g/mol. The summed E-state index contributed by atoms with van der Waals surface area (Å²) in [4.78, 5) is 0. The van der Waals surface area contributed by atoms with Gasteiger partial charge in [-0.25, -0.2) is 0 Å². The van der Waals surface area contributed by atoms with Crippen molar-refractivity contribution in [1.29, 1.82) is 0 Å². The van der Waals surface area contributed by atoms with Gasteiger partial charge in [-0.05, 0) is 40.5 Å². The minimum absolute atomic E-state index is 0.0495. The smallest absolute Gasteiger partial charge is 0.173 e. The summed E-state index contributed by atoms with van der Waals surface area (Å²) < 4.78 is 12.3. The highest BCUT2D eigenvalue weighted by Gasteiger charge is 2.40. The van der Waals surface area contributed by atoms with Gasteiger partial charge in [0.15, 0.2) is 5.79 Å². The summed E-state index contributed by atoms with van der Waals surface area (Å²) in [6, 6.07) is 0. The van der Waals surface area contributed by atoms with E-state index in [4.69, 9.17) is 9.47 Å². The Morgan fingerprint density at radius 2 is 1.32 bits per heavy atom. The van der Waals surface area contributed by atoms with Gasteiger partial charge in [0, 0.05) is 5.92 Å². The molecule has 0 saturated carbocycles. The highest BCUT2D eigenvalue weighted by Crippen LogP contribution is 2.34. The SMILES string of the molecule is CCCCCCCCC(CO)C(CC)(OC(C)C)OC(C)C. The quantitative estimate of drug-likeness (QED) is 0.349. The highest BCUT2D eigenvalue weighted by atomic mass is 16.7. The van der Waals surface area contributed by atoms with Gasteiger partial charge >= 0.3 is 0 Å². The molecule has 0 aromatic heterocycles. The standard InChI is InChI=1S/C19H40O3/c1-7-9-10-11-12-13-14-18(15-20)19(8-2,21-16(3)4)22-17(5)6/h16-18,20H,7-15H2,1-6H3. The van der Waals surface area contributed by atoms with E-state index in [9.17, 15) is 5.11 Å². The van der Waals surface area contributed by atoms with E-state index < -0.39 is 5.79 Å². The van der Waals surface area contributed by atoms with Crippen LogP contribution in [0, 0.1) is 5.92 Å². The lowest BCUT2D eigenvalue weighted by atomic mass is 9.90. The lowest BCUT2D eigenvalue weighted by Gasteiger charge is -2.42. The van der Waals surface area contributed by atoms with Gasteiger partial charge in [-0.3, -0.25) is 0 Å². The van der Waals surface area contributed by atoms with Crippen molar-refractivity contribution in [2.75, 3.05) is 6.61 Å². The number of unbranched alkanes of at least 4 members (excludes halogenated alkanes) is 5. The predicted octanol–water partition coefficient (Wildman–Crippen LogP) is 5.30. The summed E-state index contributed by atoms with van der Waals surface area (Å²) in [6.07, 6.45) is 9.53. The summed E-state index contributed by atoms with van der Waals surface area (Å²) in [6.45, 7) is 12.6. The molecule has 1 unspecified atom stereocenters. The number of hydrogen-bond donors (Lipinski definition) is 1. The maximum absolute atomic E-state index is 9.90. The van der Waals surface area contributed by atoms with Crippen LogP contribution < -0.4 is 0 Å². The van der Waals surface area contributed by atoms with Crippen LogP contribution in [-0.4, -0.2) is 29.7 Å². The molecule has 0 fully saturated rings. The molecule has 0 aliphatic heterocycles. The zero-order valence-electron chi connectivity index (χ0n) is 15.9.